The van der Waals surface area contributed by atoms with Crippen LogP contribution in [-0.2, 0) is 11.3 Å². The lowest BCUT2D eigenvalue weighted by atomic mass is 9.96. The van der Waals surface area contributed by atoms with Gasteiger partial charge in [0.1, 0.15) is 5.82 Å². The van der Waals surface area contributed by atoms with Crippen LogP contribution in [0.5, 0.6) is 0 Å². The molecule has 1 amide bonds. The monoisotopic (exact) mass is 368 g/mol. The van der Waals surface area contributed by atoms with Gasteiger partial charge in [0, 0.05) is 50.4 Å². The van der Waals surface area contributed by atoms with Gasteiger partial charge in [0.25, 0.3) is 0 Å². The minimum atomic E-state index is 0.126. The fourth-order valence-electron chi connectivity index (χ4n) is 3.80. The lowest BCUT2D eigenvalue weighted by molar-refractivity contribution is -0.121. The van der Waals surface area contributed by atoms with Gasteiger partial charge >= 0.3 is 0 Å². The van der Waals surface area contributed by atoms with E-state index in [9.17, 15) is 4.79 Å². The van der Waals surface area contributed by atoms with Crippen molar-refractivity contribution in [1.29, 1.82) is 0 Å². The number of likely N-dealkylation sites (tertiary alicyclic amines) is 1. The number of benzene rings is 1. The topological polar surface area (TPSA) is 50.2 Å². The number of aromatic nitrogens is 2. The van der Waals surface area contributed by atoms with Crippen LogP contribution in [0.3, 0.4) is 0 Å². The van der Waals surface area contributed by atoms with Gasteiger partial charge in [-0.15, -0.1) is 0 Å². The van der Waals surface area contributed by atoms with Gasteiger partial charge < -0.3 is 14.8 Å². The molecule has 1 aliphatic rings. The molecule has 1 fully saturated rings. The summed E-state index contributed by atoms with van der Waals surface area (Å²) in [4.78, 5) is 19.3. The van der Waals surface area contributed by atoms with Crippen LogP contribution in [0.4, 0.5) is 0 Å². The number of piperidine rings is 1. The molecule has 0 radical (unpaired) electrons. The number of carbonyl (C=O) groups excluding carboxylic acids is 1. The summed E-state index contributed by atoms with van der Waals surface area (Å²) in [5.41, 5.74) is 2.38. The van der Waals surface area contributed by atoms with Crippen molar-refractivity contribution in [2.75, 3.05) is 19.6 Å². The highest BCUT2D eigenvalue weighted by Gasteiger charge is 2.25. The molecule has 0 aliphatic carbocycles. The highest BCUT2D eigenvalue weighted by molar-refractivity contribution is 5.76. The van der Waals surface area contributed by atoms with E-state index in [1.165, 1.54) is 24.2 Å². The van der Waals surface area contributed by atoms with E-state index in [4.69, 9.17) is 0 Å². The molecule has 2 heterocycles. The number of hydrogen-bond donors (Lipinski definition) is 1. The van der Waals surface area contributed by atoms with Crippen LogP contribution in [-0.4, -0.2) is 40.0 Å². The molecule has 0 spiro atoms. The molecule has 1 aromatic heterocycles. The van der Waals surface area contributed by atoms with E-state index in [0.717, 1.165) is 25.2 Å². The maximum absolute atomic E-state index is 12.2. The molecule has 146 valence electrons. The summed E-state index contributed by atoms with van der Waals surface area (Å²) in [5, 5.41) is 3.04. The summed E-state index contributed by atoms with van der Waals surface area (Å²) < 4.78 is 2.28. The standard InChI is InChI=1S/C22H32N4O/c1-17(2)26-14-11-23-22(26)20-5-4-12-25(16-20)13-10-21(27)24-15-19-8-6-18(3)7-9-19/h6-9,11,14,17,20H,4-5,10,12-13,15-16H2,1-3H3,(H,24,27). The summed E-state index contributed by atoms with van der Waals surface area (Å²) in [5.74, 6) is 1.78. The van der Waals surface area contributed by atoms with Crippen LogP contribution < -0.4 is 5.32 Å². The Morgan fingerprint density at radius 2 is 2.07 bits per heavy atom. The Labute approximate surface area is 162 Å². The summed E-state index contributed by atoms with van der Waals surface area (Å²) in [7, 11) is 0. The second-order valence-corrected chi connectivity index (χ2v) is 7.94. The van der Waals surface area contributed by atoms with E-state index in [1.54, 1.807) is 0 Å². The zero-order chi connectivity index (χ0) is 19.2. The first-order chi connectivity index (χ1) is 13.0. The molecular weight excluding hydrogens is 336 g/mol. The largest absolute Gasteiger partial charge is 0.352 e. The first-order valence-electron chi connectivity index (χ1n) is 10.1. The number of carbonyl (C=O) groups is 1. The van der Waals surface area contributed by atoms with Crippen molar-refractivity contribution in [3.63, 3.8) is 0 Å². The van der Waals surface area contributed by atoms with Crippen LogP contribution in [0, 0.1) is 6.92 Å². The predicted octanol–water partition coefficient (Wildman–Crippen LogP) is 3.66. The number of rotatable bonds is 7. The number of imidazole rings is 1. The lowest BCUT2D eigenvalue weighted by Crippen LogP contribution is -2.38. The van der Waals surface area contributed by atoms with Gasteiger partial charge in [-0.25, -0.2) is 4.98 Å². The maximum atomic E-state index is 12.2. The first kappa shape index (κ1) is 19.6. The van der Waals surface area contributed by atoms with Gasteiger partial charge in [0.05, 0.1) is 0 Å². The average molecular weight is 369 g/mol. The van der Waals surface area contributed by atoms with Crippen molar-refractivity contribution in [2.24, 2.45) is 0 Å². The van der Waals surface area contributed by atoms with Gasteiger partial charge in [-0.2, -0.15) is 0 Å². The Hall–Kier alpha value is -2.14. The Kier molecular flexibility index (Phi) is 6.67. The number of hydrogen-bond acceptors (Lipinski definition) is 3. The third kappa shape index (κ3) is 5.42. The van der Waals surface area contributed by atoms with E-state index in [-0.39, 0.29) is 5.91 Å². The molecule has 5 nitrogen and oxygen atoms in total. The third-order valence-corrected chi connectivity index (χ3v) is 5.39. The number of amides is 1. The van der Waals surface area contributed by atoms with Gasteiger partial charge in [-0.3, -0.25) is 4.79 Å². The number of aryl methyl sites for hydroxylation is 1. The van der Waals surface area contributed by atoms with E-state index >= 15 is 0 Å². The van der Waals surface area contributed by atoms with Gasteiger partial charge in [-0.05, 0) is 45.7 Å². The van der Waals surface area contributed by atoms with Crippen molar-refractivity contribution in [3.05, 3.63) is 53.6 Å². The van der Waals surface area contributed by atoms with E-state index in [0.29, 0.717) is 24.9 Å². The molecule has 1 N–H and O–H groups in total. The van der Waals surface area contributed by atoms with Crippen molar-refractivity contribution < 1.29 is 4.79 Å². The average Bonchev–Trinajstić information content (AvgIpc) is 3.16. The summed E-state index contributed by atoms with van der Waals surface area (Å²) in [6.07, 6.45) is 6.89. The van der Waals surface area contributed by atoms with Gasteiger partial charge in [0.2, 0.25) is 5.91 Å². The molecule has 5 heteroatoms. The first-order valence-corrected chi connectivity index (χ1v) is 10.1. The van der Waals surface area contributed by atoms with E-state index in [2.05, 4.69) is 71.0 Å². The Balaban J connectivity index is 1.45. The van der Waals surface area contributed by atoms with E-state index in [1.807, 2.05) is 6.20 Å². The SMILES string of the molecule is Cc1ccc(CNC(=O)CCN2CCCC(c3nccn3C(C)C)C2)cc1. The highest BCUT2D eigenvalue weighted by atomic mass is 16.1. The van der Waals surface area contributed by atoms with Crippen LogP contribution in [0.1, 0.15) is 62.0 Å². The van der Waals surface area contributed by atoms with E-state index < -0.39 is 0 Å². The Morgan fingerprint density at radius 1 is 1.30 bits per heavy atom. The van der Waals surface area contributed by atoms with Gasteiger partial charge in [0.15, 0.2) is 0 Å². The summed E-state index contributed by atoms with van der Waals surface area (Å²) in [6.45, 7) is 9.96. The zero-order valence-corrected chi connectivity index (χ0v) is 16.8. The number of nitrogens with one attached hydrogen (secondary N) is 1. The minimum absolute atomic E-state index is 0.126. The quantitative estimate of drug-likeness (QED) is 0.811. The normalized spacial score (nSPS) is 18.0. The highest BCUT2D eigenvalue weighted by Crippen LogP contribution is 2.27. The van der Waals surface area contributed by atoms with Crippen LogP contribution >= 0.6 is 0 Å². The molecule has 3 rings (SSSR count). The molecule has 0 saturated carbocycles. The second-order valence-electron chi connectivity index (χ2n) is 7.94. The number of nitrogens with zero attached hydrogens (tertiary/aromatic N) is 3. The molecule has 2 aromatic rings. The smallest absolute Gasteiger partial charge is 0.221 e. The lowest BCUT2D eigenvalue weighted by Gasteiger charge is -2.33. The zero-order valence-electron chi connectivity index (χ0n) is 16.8. The molecule has 1 saturated heterocycles. The second kappa shape index (κ2) is 9.18. The maximum Gasteiger partial charge on any atom is 0.221 e. The van der Waals surface area contributed by atoms with Gasteiger partial charge in [-0.1, -0.05) is 29.8 Å². The van der Waals surface area contributed by atoms with Crippen LogP contribution in [0.15, 0.2) is 36.7 Å². The fraction of sp³-hybridized carbons (Fsp3) is 0.545. The summed E-state index contributed by atoms with van der Waals surface area (Å²) >= 11 is 0. The fourth-order valence-corrected chi connectivity index (χ4v) is 3.80. The molecule has 0 bridgehead atoms. The molecule has 27 heavy (non-hydrogen) atoms. The third-order valence-electron chi connectivity index (χ3n) is 5.39. The minimum Gasteiger partial charge on any atom is -0.352 e. The summed E-state index contributed by atoms with van der Waals surface area (Å²) in [6, 6.07) is 8.74. The molecule has 1 unspecified atom stereocenters. The predicted molar refractivity (Wildman–Crippen MR) is 109 cm³/mol. The van der Waals surface area contributed by atoms with Crippen molar-refractivity contribution >= 4 is 5.91 Å². The van der Waals surface area contributed by atoms with Crippen molar-refractivity contribution in [3.8, 4) is 0 Å². The van der Waals surface area contributed by atoms with Crippen LogP contribution in [0.25, 0.3) is 0 Å². The molecule has 1 aliphatic heterocycles. The Bertz CT molecular complexity index is 735. The molecule has 1 aromatic carbocycles. The Morgan fingerprint density at radius 3 is 2.81 bits per heavy atom. The molecular formula is C22H32N4O. The van der Waals surface area contributed by atoms with Crippen LogP contribution in [0.2, 0.25) is 0 Å². The van der Waals surface area contributed by atoms with Crippen molar-refractivity contribution in [1.82, 2.24) is 19.8 Å². The van der Waals surface area contributed by atoms with Crippen molar-refractivity contribution in [2.45, 2.75) is 58.5 Å². The molecule has 1 atom stereocenters.